The van der Waals surface area contributed by atoms with Crippen molar-refractivity contribution >= 4 is 23.4 Å². The Labute approximate surface area is 134 Å². The van der Waals surface area contributed by atoms with Crippen LogP contribution >= 0.6 is 11.6 Å². The Kier molecular flexibility index (Phi) is 7.11. The van der Waals surface area contributed by atoms with E-state index in [2.05, 4.69) is 0 Å². The van der Waals surface area contributed by atoms with Gasteiger partial charge in [-0.05, 0) is 26.0 Å². The minimum atomic E-state index is -0.553. The Morgan fingerprint density at radius 2 is 1.86 bits per heavy atom. The van der Waals surface area contributed by atoms with Gasteiger partial charge < -0.3 is 14.5 Å². The van der Waals surface area contributed by atoms with Crippen LogP contribution in [0.25, 0.3) is 0 Å². The number of rotatable bonds is 7. The van der Waals surface area contributed by atoms with E-state index in [9.17, 15) is 14.0 Å². The zero-order valence-electron chi connectivity index (χ0n) is 12.9. The van der Waals surface area contributed by atoms with Crippen LogP contribution < -0.4 is 4.74 Å². The maximum absolute atomic E-state index is 13.0. The van der Waals surface area contributed by atoms with Gasteiger partial charge in [-0.25, -0.2) is 4.39 Å². The van der Waals surface area contributed by atoms with Gasteiger partial charge in [0.2, 0.25) is 5.91 Å². The lowest BCUT2D eigenvalue weighted by Crippen LogP contribution is -2.42. The quantitative estimate of drug-likeness (QED) is 0.770. The molecular formula is C15H20ClFN2O3. The predicted octanol–water partition coefficient (Wildman–Crippen LogP) is 2.18. The second kappa shape index (κ2) is 8.58. The second-order valence-corrected chi connectivity index (χ2v) is 5.09. The summed E-state index contributed by atoms with van der Waals surface area (Å²) in [6, 6.07) is 3.84. The van der Waals surface area contributed by atoms with Gasteiger partial charge in [0.1, 0.15) is 11.6 Å². The average molecular weight is 331 g/mol. The van der Waals surface area contributed by atoms with Gasteiger partial charge in [0.05, 0.1) is 11.6 Å². The predicted molar refractivity (Wildman–Crippen MR) is 82.5 cm³/mol. The third-order valence-corrected chi connectivity index (χ3v) is 3.46. The van der Waals surface area contributed by atoms with Crippen LogP contribution in [0.1, 0.15) is 13.8 Å². The van der Waals surface area contributed by atoms with Crippen molar-refractivity contribution in [3.8, 4) is 5.75 Å². The summed E-state index contributed by atoms with van der Waals surface area (Å²) in [6.45, 7) is 4.71. The standard InChI is InChI=1S/C15H20ClFN2O3/c1-4-19(5-2)14(20)9-18(3)15(21)10-22-11-6-7-13(17)12(16)8-11/h6-8H,4-5,9-10H2,1-3H3. The molecule has 7 heteroatoms. The lowest BCUT2D eigenvalue weighted by Gasteiger charge is -2.23. The largest absolute Gasteiger partial charge is 0.484 e. The summed E-state index contributed by atoms with van der Waals surface area (Å²) in [5.74, 6) is -0.725. The number of ether oxygens (including phenoxy) is 1. The topological polar surface area (TPSA) is 49.9 Å². The maximum atomic E-state index is 13.0. The van der Waals surface area contributed by atoms with Crippen molar-refractivity contribution in [3.63, 3.8) is 0 Å². The normalized spacial score (nSPS) is 10.2. The summed E-state index contributed by atoms with van der Waals surface area (Å²) in [4.78, 5) is 26.8. The van der Waals surface area contributed by atoms with Gasteiger partial charge >= 0.3 is 0 Å². The molecule has 0 saturated carbocycles. The average Bonchev–Trinajstić information content (AvgIpc) is 2.49. The smallest absolute Gasteiger partial charge is 0.260 e. The van der Waals surface area contributed by atoms with E-state index < -0.39 is 5.82 Å². The number of nitrogens with zero attached hydrogens (tertiary/aromatic N) is 2. The van der Waals surface area contributed by atoms with Crippen LogP contribution in [0.2, 0.25) is 5.02 Å². The van der Waals surface area contributed by atoms with Gasteiger partial charge in [-0.15, -0.1) is 0 Å². The molecule has 0 atom stereocenters. The molecule has 0 aromatic heterocycles. The molecule has 0 aliphatic rings. The lowest BCUT2D eigenvalue weighted by atomic mass is 10.3. The van der Waals surface area contributed by atoms with E-state index >= 15 is 0 Å². The number of carbonyl (C=O) groups is 2. The van der Waals surface area contributed by atoms with Crippen molar-refractivity contribution in [2.75, 3.05) is 33.3 Å². The maximum Gasteiger partial charge on any atom is 0.260 e. The molecule has 0 N–H and O–H groups in total. The van der Waals surface area contributed by atoms with E-state index in [0.29, 0.717) is 18.8 Å². The molecule has 0 radical (unpaired) electrons. The lowest BCUT2D eigenvalue weighted by molar-refractivity contribution is -0.140. The van der Waals surface area contributed by atoms with E-state index in [0.717, 1.165) is 6.07 Å². The highest BCUT2D eigenvalue weighted by atomic mass is 35.5. The summed E-state index contributed by atoms with van der Waals surface area (Å²) < 4.78 is 18.3. The van der Waals surface area contributed by atoms with Crippen molar-refractivity contribution in [2.24, 2.45) is 0 Å². The fourth-order valence-corrected chi connectivity index (χ4v) is 1.96. The van der Waals surface area contributed by atoms with Crippen molar-refractivity contribution < 1.29 is 18.7 Å². The van der Waals surface area contributed by atoms with Gasteiger partial charge in [0.15, 0.2) is 6.61 Å². The number of hydrogen-bond acceptors (Lipinski definition) is 3. The molecule has 0 bridgehead atoms. The molecule has 22 heavy (non-hydrogen) atoms. The van der Waals surface area contributed by atoms with Crippen LogP contribution in [0.4, 0.5) is 4.39 Å². The third-order valence-electron chi connectivity index (χ3n) is 3.17. The van der Waals surface area contributed by atoms with Crippen molar-refractivity contribution in [1.29, 1.82) is 0 Å². The third kappa shape index (κ3) is 5.18. The van der Waals surface area contributed by atoms with E-state index in [-0.39, 0.29) is 30.0 Å². The fraction of sp³-hybridized carbons (Fsp3) is 0.467. The summed E-state index contributed by atoms with van der Waals surface area (Å²) in [5.41, 5.74) is 0. The molecule has 122 valence electrons. The van der Waals surface area contributed by atoms with Gasteiger partial charge in [-0.2, -0.15) is 0 Å². The first-order valence-corrected chi connectivity index (χ1v) is 7.36. The summed E-state index contributed by atoms with van der Waals surface area (Å²) in [5, 5.41) is -0.0741. The molecule has 5 nitrogen and oxygen atoms in total. The molecule has 1 aromatic rings. The number of benzene rings is 1. The minimum absolute atomic E-state index is 0.00591. The molecule has 0 aliphatic carbocycles. The molecule has 0 saturated heterocycles. The van der Waals surface area contributed by atoms with Gasteiger partial charge in [0, 0.05) is 26.2 Å². The van der Waals surface area contributed by atoms with Gasteiger partial charge in [-0.3, -0.25) is 9.59 Å². The van der Waals surface area contributed by atoms with E-state index in [4.69, 9.17) is 16.3 Å². The van der Waals surface area contributed by atoms with Crippen molar-refractivity contribution in [2.45, 2.75) is 13.8 Å². The Balaban J connectivity index is 2.50. The van der Waals surface area contributed by atoms with Crippen LogP contribution in [0.5, 0.6) is 5.75 Å². The van der Waals surface area contributed by atoms with Crippen LogP contribution in [0, 0.1) is 5.82 Å². The molecule has 0 aliphatic heterocycles. The second-order valence-electron chi connectivity index (χ2n) is 4.68. The zero-order valence-corrected chi connectivity index (χ0v) is 13.7. The highest BCUT2D eigenvalue weighted by Gasteiger charge is 2.17. The van der Waals surface area contributed by atoms with E-state index in [1.807, 2.05) is 13.8 Å². The highest BCUT2D eigenvalue weighted by molar-refractivity contribution is 6.30. The van der Waals surface area contributed by atoms with Gasteiger partial charge in [-0.1, -0.05) is 11.6 Å². The first kappa shape index (κ1) is 18.2. The van der Waals surface area contributed by atoms with Crippen LogP contribution in [-0.4, -0.2) is 54.9 Å². The number of hydrogen-bond donors (Lipinski definition) is 0. The van der Waals surface area contributed by atoms with Crippen molar-refractivity contribution in [1.82, 2.24) is 9.80 Å². The van der Waals surface area contributed by atoms with Gasteiger partial charge in [0.25, 0.3) is 5.91 Å². The Morgan fingerprint density at radius 3 is 2.41 bits per heavy atom. The van der Waals surface area contributed by atoms with Crippen molar-refractivity contribution in [3.05, 3.63) is 29.0 Å². The molecular weight excluding hydrogens is 311 g/mol. The molecule has 0 unspecified atom stereocenters. The Bertz CT molecular complexity index is 536. The summed E-state index contributed by atoms with van der Waals surface area (Å²) in [7, 11) is 1.53. The van der Waals surface area contributed by atoms with E-state index in [1.165, 1.54) is 24.1 Å². The molecule has 1 rings (SSSR count). The fourth-order valence-electron chi connectivity index (χ4n) is 1.79. The molecule has 1 aromatic carbocycles. The number of amides is 2. The SMILES string of the molecule is CCN(CC)C(=O)CN(C)C(=O)COc1ccc(F)c(Cl)c1. The summed E-state index contributed by atoms with van der Waals surface area (Å²) >= 11 is 5.63. The molecule has 0 spiro atoms. The van der Waals surface area contributed by atoms with Crippen LogP contribution in [-0.2, 0) is 9.59 Å². The zero-order chi connectivity index (χ0) is 16.7. The molecule has 0 fully saturated rings. The molecule has 0 heterocycles. The first-order chi connectivity index (χ1) is 10.4. The monoisotopic (exact) mass is 330 g/mol. The van der Waals surface area contributed by atoms with E-state index in [1.54, 1.807) is 4.90 Å². The first-order valence-electron chi connectivity index (χ1n) is 6.98. The summed E-state index contributed by atoms with van der Waals surface area (Å²) in [6.07, 6.45) is 0. The Morgan fingerprint density at radius 1 is 1.23 bits per heavy atom. The van der Waals surface area contributed by atoms with Crippen LogP contribution in [0.15, 0.2) is 18.2 Å². The Hall–Kier alpha value is -1.82. The minimum Gasteiger partial charge on any atom is -0.484 e. The number of likely N-dealkylation sites (N-methyl/N-ethyl adjacent to an activating group) is 2. The molecule has 2 amide bonds. The highest BCUT2D eigenvalue weighted by Crippen LogP contribution is 2.20. The van der Waals surface area contributed by atoms with Crippen LogP contribution in [0.3, 0.4) is 0 Å². The number of halogens is 2. The number of carbonyl (C=O) groups excluding carboxylic acids is 2.